The summed E-state index contributed by atoms with van der Waals surface area (Å²) in [7, 11) is 3.34. The van der Waals surface area contributed by atoms with Gasteiger partial charge in [0.15, 0.2) is 28.8 Å². The van der Waals surface area contributed by atoms with E-state index >= 15 is 0 Å². The summed E-state index contributed by atoms with van der Waals surface area (Å²) in [5.41, 5.74) is 9.29. The van der Waals surface area contributed by atoms with Crippen LogP contribution in [0.4, 0.5) is 10.2 Å². The minimum absolute atomic E-state index is 0.171. The molecule has 38 heavy (non-hydrogen) atoms. The van der Waals surface area contributed by atoms with E-state index in [1.165, 1.54) is 17.0 Å². The molecule has 2 aliphatic rings. The normalized spacial score (nSPS) is 16.1. The third-order valence-corrected chi connectivity index (χ3v) is 6.79. The van der Waals surface area contributed by atoms with E-state index in [2.05, 4.69) is 9.97 Å². The number of anilines is 1. The highest BCUT2D eigenvalue weighted by Crippen LogP contribution is 2.45. The molecule has 1 amide bonds. The second-order valence-corrected chi connectivity index (χ2v) is 9.90. The molecule has 9 nitrogen and oxygen atoms in total. The molecule has 10 heteroatoms. The largest absolute Gasteiger partial charge is 0.482 e. The molecule has 4 aromatic rings. The molecule has 2 N–H and O–H groups in total. The first-order valence-corrected chi connectivity index (χ1v) is 12.5. The molecule has 0 radical (unpaired) electrons. The van der Waals surface area contributed by atoms with Gasteiger partial charge in [0.25, 0.3) is 5.91 Å². The number of ether oxygens (including phenoxy) is 2. The molecule has 2 bridgehead atoms. The molecular formula is C28H27FN6O3. The van der Waals surface area contributed by atoms with Crippen molar-refractivity contribution in [3.8, 4) is 39.8 Å². The highest BCUT2D eigenvalue weighted by atomic mass is 19.1. The van der Waals surface area contributed by atoms with E-state index in [1.54, 1.807) is 50.8 Å². The number of hydrogen-bond donors (Lipinski definition) is 1. The Kier molecular flexibility index (Phi) is 5.74. The van der Waals surface area contributed by atoms with Gasteiger partial charge in [-0.15, -0.1) is 0 Å². The van der Waals surface area contributed by atoms with Gasteiger partial charge in [-0.25, -0.2) is 9.37 Å². The molecule has 0 spiro atoms. The lowest BCUT2D eigenvalue weighted by Crippen LogP contribution is -2.23. The van der Waals surface area contributed by atoms with Gasteiger partial charge in [-0.2, -0.15) is 5.10 Å². The molecule has 3 aromatic heterocycles. The molecule has 1 saturated carbocycles. The lowest BCUT2D eigenvalue weighted by molar-refractivity contribution is 0.0818. The molecule has 0 saturated heterocycles. The van der Waals surface area contributed by atoms with Crippen LogP contribution in [-0.4, -0.2) is 44.7 Å². The Balaban J connectivity index is 1.66. The summed E-state index contributed by atoms with van der Waals surface area (Å²) < 4.78 is 29.1. The average Bonchev–Trinajstić information content (AvgIpc) is 3.65. The van der Waals surface area contributed by atoms with E-state index < -0.39 is 11.9 Å². The van der Waals surface area contributed by atoms with Crippen molar-refractivity contribution in [2.24, 2.45) is 5.92 Å². The van der Waals surface area contributed by atoms with Crippen molar-refractivity contribution < 1.29 is 18.7 Å². The summed E-state index contributed by atoms with van der Waals surface area (Å²) in [5, 5.41) is 4.73. The molecule has 4 heterocycles. The number of carbonyl (C=O) groups is 1. The van der Waals surface area contributed by atoms with Gasteiger partial charge in [0, 0.05) is 49.7 Å². The number of hydrogen-bond acceptors (Lipinski definition) is 7. The van der Waals surface area contributed by atoms with E-state index in [0.717, 1.165) is 12.8 Å². The van der Waals surface area contributed by atoms with Crippen LogP contribution in [0.25, 0.3) is 22.5 Å². The number of carbonyl (C=O) groups excluding carboxylic acids is 1. The Labute approximate surface area is 219 Å². The first-order chi connectivity index (χ1) is 18.3. The minimum atomic E-state index is -0.587. The smallest absolute Gasteiger partial charge is 0.277 e. The van der Waals surface area contributed by atoms with Crippen LogP contribution < -0.4 is 15.2 Å². The third kappa shape index (κ3) is 4.21. The predicted octanol–water partition coefficient (Wildman–Crippen LogP) is 5.09. The quantitative estimate of drug-likeness (QED) is 0.406. The molecule has 1 aliphatic carbocycles. The van der Waals surface area contributed by atoms with Crippen LogP contribution >= 0.6 is 0 Å². The number of fused-ring (bicyclic) bond motifs is 7. The van der Waals surface area contributed by atoms with Crippen LogP contribution in [0.3, 0.4) is 0 Å². The summed E-state index contributed by atoms with van der Waals surface area (Å²) in [6.07, 6.45) is 4.86. The van der Waals surface area contributed by atoms with Crippen LogP contribution in [0.2, 0.25) is 0 Å². The standard InChI is InChI=1S/C28H27FN6O3/c1-15-20-12-18(29)8-9-19(20)23-21(5-4-10-31-23)38-26-24(28(36)34(2)3)33-35(14-16-6-7-16)25(26)17-11-22(37-15)27(30)32-13-17/h4-5,8-13,15-16H,6-7,14H2,1-3H3,(H2,30,32)/t15-/m1/s1. The fourth-order valence-corrected chi connectivity index (χ4v) is 4.65. The molecule has 194 valence electrons. The van der Waals surface area contributed by atoms with Crippen LogP contribution in [0.5, 0.6) is 17.2 Å². The number of pyridine rings is 2. The maximum absolute atomic E-state index is 14.4. The molecular weight excluding hydrogens is 487 g/mol. The van der Waals surface area contributed by atoms with Gasteiger partial charge in [-0.1, -0.05) is 0 Å². The Morgan fingerprint density at radius 1 is 1.18 bits per heavy atom. The highest BCUT2D eigenvalue weighted by Gasteiger charge is 2.32. The van der Waals surface area contributed by atoms with Gasteiger partial charge in [-0.05, 0) is 62.1 Å². The number of nitrogens with two attached hydrogens (primary N) is 1. The number of nitrogen functional groups attached to an aromatic ring is 1. The number of amides is 1. The van der Waals surface area contributed by atoms with Gasteiger partial charge in [0.1, 0.15) is 23.3 Å². The van der Waals surface area contributed by atoms with Gasteiger partial charge < -0.3 is 20.1 Å². The van der Waals surface area contributed by atoms with E-state index in [4.69, 9.17) is 20.3 Å². The predicted molar refractivity (Wildman–Crippen MR) is 139 cm³/mol. The Morgan fingerprint density at radius 3 is 2.76 bits per heavy atom. The average molecular weight is 515 g/mol. The fourth-order valence-electron chi connectivity index (χ4n) is 4.65. The molecule has 1 aromatic carbocycles. The maximum atomic E-state index is 14.4. The van der Waals surface area contributed by atoms with Crippen LogP contribution in [0.1, 0.15) is 41.9 Å². The van der Waals surface area contributed by atoms with E-state index in [0.29, 0.717) is 52.0 Å². The van der Waals surface area contributed by atoms with E-state index in [9.17, 15) is 9.18 Å². The summed E-state index contributed by atoms with van der Waals surface area (Å²) in [6, 6.07) is 9.71. The summed E-state index contributed by atoms with van der Waals surface area (Å²) in [5.74, 6) is 0.963. The molecule has 0 unspecified atom stereocenters. The van der Waals surface area contributed by atoms with Gasteiger partial charge in [0.05, 0.1) is 0 Å². The summed E-state index contributed by atoms with van der Waals surface area (Å²) >= 11 is 0. The summed E-state index contributed by atoms with van der Waals surface area (Å²) in [6.45, 7) is 2.45. The van der Waals surface area contributed by atoms with Crippen LogP contribution in [0.15, 0.2) is 48.8 Å². The zero-order valence-corrected chi connectivity index (χ0v) is 21.3. The Morgan fingerprint density at radius 2 is 2.00 bits per heavy atom. The lowest BCUT2D eigenvalue weighted by atomic mass is 9.99. The molecule has 6 rings (SSSR count). The van der Waals surface area contributed by atoms with Crippen molar-refractivity contribution >= 4 is 11.7 Å². The molecule has 1 atom stereocenters. The number of benzene rings is 1. The van der Waals surface area contributed by atoms with E-state index in [1.807, 2.05) is 11.6 Å². The number of nitrogens with zero attached hydrogens (tertiary/aromatic N) is 5. The number of rotatable bonds is 3. The topological polar surface area (TPSA) is 108 Å². The van der Waals surface area contributed by atoms with Gasteiger partial charge in [-0.3, -0.25) is 14.5 Å². The second kappa shape index (κ2) is 9.13. The Bertz CT molecular complexity index is 1560. The first-order valence-electron chi connectivity index (χ1n) is 12.5. The Hall–Kier alpha value is -4.47. The van der Waals surface area contributed by atoms with Crippen LogP contribution in [-0.2, 0) is 6.54 Å². The fraction of sp³-hybridized carbons (Fsp3) is 0.286. The zero-order valence-electron chi connectivity index (χ0n) is 21.3. The summed E-state index contributed by atoms with van der Waals surface area (Å²) in [4.78, 5) is 23.8. The third-order valence-electron chi connectivity index (χ3n) is 6.79. The van der Waals surface area contributed by atoms with Crippen molar-refractivity contribution in [2.75, 3.05) is 19.8 Å². The lowest BCUT2D eigenvalue weighted by Gasteiger charge is -2.22. The van der Waals surface area contributed by atoms with Crippen molar-refractivity contribution in [1.82, 2.24) is 24.6 Å². The molecule has 1 aliphatic heterocycles. The SMILES string of the molecule is C[C@H]1Oc2cc(cnc2N)-c2c(c(C(=O)N(C)C)nn2CC2CC2)Oc2cccnc2-c2ccc(F)cc21. The number of halogens is 1. The van der Waals surface area contributed by atoms with Crippen molar-refractivity contribution in [1.29, 1.82) is 0 Å². The molecule has 1 fully saturated rings. The van der Waals surface area contributed by atoms with Gasteiger partial charge in [0.2, 0.25) is 0 Å². The van der Waals surface area contributed by atoms with Crippen LogP contribution in [0, 0.1) is 11.7 Å². The number of aromatic nitrogens is 4. The monoisotopic (exact) mass is 514 g/mol. The van der Waals surface area contributed by atoms with Gasteiger partial charge >= 0.3 is 0 Å². The van der Waals surface area contributed by atoms with Crippen molar-refractivity contribution in [3.05, 3.63) is 65.9 Å². The highest BCUT2D eigenvalue weighted by molar-refractivity contribution is 5.97. The van der Waals surface area contributed by atoms with Crippen molar-refractivity contribution in [2.45, 2.75) is 32.4 Å². The second-order valence-electron chi connectivity index (χ2n) is 9.90. The zero-order chi connectivity index (χ0) is 26.6. The van der Waals surface area contributed by atoms with E-state index in [-0.39, 0.29) is 23.2 Å². The maximum Gasteiger partial charge on any atom is 0.277 e. The first kappa shape index (κ1) is 23.9. The minimum Gasteiger partial charge on any atom is -0.482 e. The van der Waals surface area contributed by atoms with Crippen molar-refractivity contribution in [3.63, 3.8) is 0 Å².